The van der Waals surface area contributed by atoms with Crippen LogP contribution in [0, 0.1) is 0 Å². The molecule has 0 saturated carbocycles. The number of hydrazine groups is 1. The Morgan fingerprint density at radius 2 is 2.25 bits per heavy atom. The maximum Gasteiger partial charge on any atom is 0.0439 e. The molecule has 0 aromatic heterocycles. The van der Waals surface area contributed by atoms with Gasteiger partial charge in [0.2, 0.25) is 0 Å². The van der Waals surface area contributed by atoms with Gasteiger partial charge in [-0.25, -0.2) is 5.84 Å². The van der Waals surface area contributed by atoms with E-state index in [1.807, 2.05) is 6.92 Å². The van der Waals surface area contributed by atoms with E-state index in [2.05, 4.69) is 0 Å². The molecule has 8 heavy (non-hydrogen) atoms. The molecule has 48 valence electrons. The normalized spacial score (nSPS) is 11.6. The lowest BCUT2D eigenvalue weighted by Gasteiger charge is -2.12. The molecule has 0 radical (unpaired) electrons. The smallest absolute Gasteiger partial charge is 0.0439 e. The maximum atomic E-state index is 5.34. The minimum absolute atomic E-state index is 0.878. The highest BCUT2D eigenvalue weighted by Crippen LogP contribution is 1.96. The van der Waals surface area contributed by atoms with Gasteiger partial charge in [0.15, 0.2) is 0 Å². The average molecular weight is 115 g/mol. The molecule has 0 saturated heterocycles. The minimum Gasteiger partial charge on any atom is -0.403 e. The molecule has 0 fully saturated rings. The van der Waals surface area contributed by atoms with Crippen LogP contribution < -0.4 is 11.6 Å². The summed E-state index contributed by atoms with van der Waals surface area (Å²) in [5, 5.41) is 1.51. The van der Waals surface area contributed by atoms with Crippen molar-refractivity contribution in [2.45, 2.75) is 13.3 Å². The van der Waals surface area contributed by atoms with Crippen molar-refractivity contribution in [3.05, 3.63) is 11.9 Å². The van der Waals surface area contributed by atoms with E-state index >= 15 is 0 Å². The van der Waals surface area contributed by atoms with Crippen molar-refractivity contribution < 1.29 is 0 Å². The monoisotopic (exact) mass is 115 g/mol. The standard InChI is InChI=1S/C5H13N3/c1-3-5(4-6)8(2)7/h4H,3,6-7H2,1-2H3. The summed E-state index contributed by atoms with van der Waals surface area (Å²) in [5.41, 5.74) is 6.15. The molecule has 3 heteroatoms. The number of hydrogen-bond acceptors (Lipinski definition) is 3. The first-order valence-corrected chi connectivity index (χ1v) is 2.61. The van der Waals surface area contributed by atoms with Crippen molar-refractivity contribution in [3.63, 3.8) is 0 Å². The van der Waals surface area contributed by atoms with Crippen molar-refractivity contribution in [1.29, 1.82) is 0 Å². The lowest BCUT2D eigenvalue weighted by molar-refractivity contribution is 0.425. The first-order valence-electron chi connectivity index (χ1n) is 2.61. The van der Waals surface area contributed by atoms with Crippen molar-refractivity contribution in [3.8, 4) is 0 Å². The van der Waals surface area contributed by atoms with Crippen molar-refractivity contribution >= 4 is 0 Å². The van der Waals surface area contributed by atoms with E-state index in [0.717, 1.165) is 12.1 Å². The van der Waals surface area contributed by atoms with Crippen molar-refractivity contribution in [2.75, 3.05) is 7.05 Å². The molecular formula is C5H13N3. The number of nitrogens with two attached hydrogens (primary N) is 2. The third-order valence-corrected chi connectivity index (χ3v) is 1.01. The molecule has 0 bridgehead atoms. The van der Waals surface area contributed by atoms with E-state index in [0.29, 0.717) is 0 Å². The Hall–Kier alpha value is -0.700. The lowest BCUT2D eigenvalue weighted by atomic mass is 10.3. The van der Waals surface area contributed by atoms with E-state index in [9.17, 15) is 0 Å². The first-order chi connectivity index (χ1) is 3.72. The second kappa shape index (κ2) is 3.32. The molecule has 0 rings (SSSR count). The van der Waals surface area contributed by atoms with Gasteiger partial charge in [-0.3, -0.25) is 0 Å². The fourth-order valence-corrected chi connectivity index (χ4v) is 0.485. The highest BCUT2D eigenvalue weighted by Gasteiger charge is 1.91. The van der Waals surface area contributed by atoms with E-state index in [1.54, 1.807) is 7.05 Å². The van der Waals surface area contributed by atoms with E-state index < -0.39 is 0 Å². The van der Waals surface area contributed by atoms with Crippen molar-refractivity contribution in [1.82, 2.24) is 5.01 Å². The van der Waals surface area contributed by atoms with Gasteiger partial charge in [0.05, 0.1) is 0 Å². The lowest BCUT2D eigenvalue weighted by Crippen LogP contribution is -2.25. The van der Waals surface area contributed by atoms with E-state index in [1.165, 1.54) is 11.2 Å². The highest BCUT2D eigenvalue weighted by atomic mass is 15.4. The molecule has 0 amide bonds. The van der Waals surface area contributed by atoms with E-state index in [-0.39, 0.29) is 0 Å². The summed E-state index contributed by atoms with van der Waals surface area (Å²) in [6, 6.07) is 0. The number of rotatable bonds is 2. The summed E-state index contributed by atoms with van der Waals surface area (Å²) >= 11 is 0. The summed E-state index contributed by atoms with van der Waals surface area (Å²) in [6.07, 6.45) is 2.39. The van der Waals surface area contributed by atoms with Gasteiger partial charge in [-0.15, -0.1) is 0 Å². The fraction of sp³-hybridized carbons (Fsp3) is 0.600. The molecule has 0 spiro atoms. The third kappa shape index (κ3) is 1.84. The van der Waals surface area contributed by atoms with Crippen LogP contribution in [0.1, 0.15) is 13.3 Å². The largest absolute Gasteiger partial charge is 0.403 e. The van der Waals surface area contributed by atoms with Gasteiger partial charge in [0.25, 0.3) is 0 Å². The number of nitrogens with zero attached hydrogens (tertiary/aromatic N) is 1. The molecular weight excluding hydrogens is 102 g/mol. The summed E-state index contributed by atoms with van der Waals surface area (Å²) in [5.74, 6) is 5.34. The molecule has 0 atom stereocenters. The van der Waals surface area contributed by atoms with E-state index in [4.69, 9.17) is 11.6 Å². The molecule has 0 unspecified atom stereocenters. The topological polar surface area (TPSA) is 55.3 Å². The van der Waals surface area contributed by atoms with Crippen molar-refractivity contribution in [2.24, 2.45) is 11.6 Å². The van der Waals surface area contributed by atoms with Crippen LogP contribution in [0.3, 0.4) is 0 Å². The maximum absolute atomic E-state index is 5.34. The van der Waals surface area contributed by atoms with Crippen LogP contribution in [0.25, 0.3) is 0 Å². The second-order valence-electron chi connectivity index (χ2n) is 1.62. The Labute approximate surface area is 49.9 Å². The van der Waals surface area contributed by atoms with Crippen LogP contribution in [0.5, 0.6) is 0 Å². The zero-order chi connectivity index (χ0) is 6.57. The zero-order valence-electron chi connectivity index (χ0n) is 5.39. The molecule has 0 aliphatic carbocycles. The summed E-state index contributed by atoms with van der Waals surface area (Å²) in [7, 11) is 1.77. The van der Waals surface area contributed by atoms with Gasteiger partial charge in [0, 0.05) is 18.9 Å². The van der Waals surface area contributed by atoms with Crippen LogP contribution in [-0.2, 0) is 0 Å². The third-order valence-electron chi connectivity index (χ3n) is 1.01. The molecule has 4 N–H and O–H groups in total. The van der Waals surface area contributed by atoms with Gasteiger partial charge in [0.1, 0.15) is 0 Å². The molecule has 0 aliphatic rings. The fourth-order valence-electron chi connectivity index (χ4n) is 0.485. The Morgan fingerprint density at radius 3 is 2.25 bits per heavy atom. The van der Waals surface area contributed by atoms with Crippen LogP contribution in [-0.4, -0.2) is 12.1 Å². The Morgan fingerprint density at radius 1 is 1.75 bits per heavy atom. The predicted molar refractivity (Wildman–Crippen MR) is 34.5 cm³/mol. The molecule has 0 aliphatic heterocycles. The van der Waals surface area contributed by atoms with Gasteiger partial charge in [-0.1, -0.05) is 6.92 Å². The second-order valence-corrected chi connectivity index (χ2v) is 1.62. The van der Waals surface area contributed by atoms with Crippen LogP contribution in [0.15, 0.2) is 11.9 Å². The Kier molecular flexibility index (Phi) is 3.03. The Balaban J connectivity index is 3.72. The zero-order valence-corrected chi connectivity index (χ0v) is 5.39. The number of hydrogen-bond donors (Lipinski definition) is 2. The summed E-state index contributed by atoms with van der Waals surface area (Å²) in [6.45, 7) is 2.00. The first kappa shape index (κ1) is 7.30. The van der Waals surface area contributed by atoms with Gasteiger partial charge in [-0.2, -0.15) is 0 Å². The molecule has 0 aromatic carbocycles. The molecule has 3 nitrogen and oxygen atoms in total. The summed E-state index contributed by atoms with van der Waals surface area (Å²) < 4.78 is 0. The van der Waals surface area contributed by atoms with Gasteiger partial charge >= 0.3 is 0 Å². The van der Waals surface area contributed by atoms with Crippen LogP contribution in [0.4, 0.5) is 0 Å². The Bertz CT molecular complexity index is 85.7. The number of allylic oxidation sites excluding steroid dienone is 1. The highest BCUT2D eigenvalue weighted by molar-refractivity contribution is 4.93. The quantitative estimate of drug-likeness (QED) is 0.393. The van der Waals surface area contributed by atoms with Gasteiger partial charge in [-0.05, 0) is 6.42 Å². The average Bonchev–Trinajstić information content (AvgIpc) is 1.69. The van der Waals surface area contributed by atoms with Crippen LogP contribution in [0.2, 0.25) is 0 Å². The minimum atomic E-state index is 0.878. The molecule has 0 heterocycles. The molecule has 0 aromatic rings. The van der Waals surface area contributed by atoms with Crippen LogP contribution >= 0.6 is 0 Å². The predicted octanol–water partition coefficient (Wildman–Crippen LogP) is 0.00200. The SMILES string of the molecule is CCC(=CN)N(C)N. The summed E-state index contributed by atoms with van der Waals surface area (Å²) in [4.78, 5) is 0. The van der Waals surface area contributed by atoms with Gasteiger partial charge < -0.3 is 10.7 Å².